The zero-order valence-electron chi connectivity index (χ0n) is 25.7. The van der Waals surface area contributed by atoms with Crippen molar-refractivity contribution in [3.8, 4) is 0 Å². The quantitative estimate of drug-likeness (QED) is 0.0840. The predicted molar refractivity (Wildman–Crippen MR) is 183 cm³/mol. The van der Waals surface area contributed by atoms with E-state index < -0.39 is 17.6 Å². The van der Waals surface area contributed by atoms with Gasteiger partial charge in [-0.3, -0.25) is 0 Å². The summed E-state index contributed by atoms with van der Waals surface area (Å²) in [6.07, 6.45) is 23.9. The second-order valence-electron chi connectivity index (χ2n) is 9.04. The summed E-state index contributed by atoms with van der Waals surface area (Å²) >= 11 is 0. The molecule has 41 heavy (non-hydrogen) atoms. The molecule has 0 aromatic rings. The van der Waals surface area contributed by atoms with Gasteiger partial charge in [-0.05, 0) is 75.4 Å². The van der Waals surface area contributed by atoms with Gasteiger partial charge in [-0.1, -0.05) is 82.3 Å². The molecule has 2 rings (SSSR count). The maximum atomic E-state index is 6.04. The van der Waals surface area contributed by atoms with Crippen molar-refractivity contribution in [2.45, 2.75) is 77.0 Å². The van der Waals surface area contributed by atoms with Gasteiger partial charge in [0.2, 0.25) is 0 Å². The summed E-state index contributed by atoms with van der Waals surface area (Å²) in [4.78, 5) is 0. The fourth-order valence-electron chi connectivity index (χ4n) is 4.56. The molecule has 0 saturated heterocycles. The summed E-state index contributed by atoms with van der Waals surface area (Å²) in [7, 11) is 0.353. The molecule has 0 aromatic heterocycles. The van der Waals surface area contributed by atoms with Gasteiger partial charge in [-0.15, -0.1) is 0 Å². The highest BCUT2D eigenvalue weighted by molar-refractivity contribution is 9.09. The maximum absolute atomic E-state index is 6.04. The lowest BCUT2D eigenvalue weighted by molar-refractivity contribution is 0.0708. The molecule has 0 radical (unpaired) electrons. The van der Waals surface area contributed by atoms with Crippen molar-refractivity contribution in [2.75, 3.05) is 39.6 Å². The standard InChI is InChI=1S/C30H50O6S3Si2/c1-7-31-40(32-8-2,33-9-3)25-17-21-27-19-13-15-23-29(27)37-39-38-30-24-16-14-20-28(30)22-18-26-41(34-10-4,35-11-5)36-12-6/h13-16,19-24,29-30H,7-12,17-18,25-26H2,1-6H3. The minimum absolute atomic E-state index is 0.297. The summed E-state index contributed by atoms with van der Waals surface area (Å²) in [6, 6.07) is 1.58. The van der Waals surface area contributed by atoms with Crippen LogP contribution in [0.25, 0.3) is 0 Å². The summed E-state index contributed by atoms with van der Waals surface area (Å²) in [5, 5.41) is 0.594. The van der Waals surface area contributed by atoms with Crippen LogP contribution in [0.4, 0.5) is 0 Å². The van der Waals surface area contributed by atoms with E-state index in [0.717, 1.165) is 24.9 Å². The Bertz CT molecular complexity index is 816. The number of hydrogen-bond donors (Lipinski definition) is 0. The Labute approximate surface area is 263 Å². The molecule has 11 heteroatoms. The molecular formula is C30H50O6S3Si2. The molecule has 0 fully saturated rings. The Balaban J connectivity index is 1.96. The molecule has 0 spiro atoms. The van der Waals surface area contributed by atoms with Crippen LogP contribution in [0.3, 0.4) is 0 Å². The molecular weight excluding hydrogens is 609 g/mol. The minimum atomic E-state index is -2.64. The van der Waals surface area contributed by atoms with Gasteiger partial charge in [0.05, 0.1) is 10.5 Å². The first-order valence-corrected chi connectivity index (χ1v) is 22.4. The van der Waals surface area contributed by atoms with E-state index in [1.807, 2.05) is 73.0 Å². The Morgan fingerprint density at radius 2 is 0.902 bits per heavy atom. The average Bonchev–Trinajstić information content (AvgIpc) is 2.95. The lowest BCUT2D eigenvalue weighted by Gasteiger charge is -2.28. The van der Waals surface area contributed by atoms with Gasteiger partial charge < -0.3 is 26.6 Å². The predicted octanol–water partition coefficient (Wildman–Crippen LogP) is 8.74. The maximum Gasteiger partial charge on any atom is 0.501 e. The van der Waals surface area contributed by atoms with E-state index in [0.29, 0.717) is 50.1 Å². The lowest BCUT2D eigenvalue weighted by Crippen LogP contribution is -2.45. The van der Waals surface area contributed by atoms with Gasteiger partial charge in [0.15, 0.2) is 0 Å². The van der Waals surface area contributed by atoms with Crippen LogP contribution in [-0.4, -0.2) is 67.8 Å². The highest BCUT2D eigenvalue weighted by Gasteiger charge is 2.40. The fourth-order valence-corrected chi connectivity index (χ4v) is 14.3. The molecule has 0 aliphatic heterocycles. The van der Waals surface area contributed by atoms with Gasteiger partial charge in [0.1, 0.15) is 0 Å². The fraction of sp³-hybridized carbons (Fsp3) is 0.600. The van der Waals surface area contributed by atoms with Gasteiger partial charge in [-0.25, -0.2) is 0 Å². The van der Waals surface area contributed by atoms with Gasteiger partial charge in [0.25, 0.3) is 0 Å². The molecule has 2 unspecified atom stereocenters. The van der Waals surface area contributed by atoms with Crippen LogP contribution in [0.1, 0.15) is 54.4 Å². The Morgan fingerprint density at radius 1 is 0.561 bits per heavy atom. The SMILES string of the molecule is CCO[Si](CCC=C1C=CC=CC1SSSC1C=CC=CC1=CCC[Si](OCC)(OCC)OCC)(OCC)OCC. The smallest absolute Gasteiger partial charge is 0.374 e. The summed E-state index contributed by atoms with van der Waals surface area (Å²) in [6.45, 7) is 15.7. The molecule has 0 saturated carbocycles. The first kappa shape index (κ1) is 36.9. The Kier molecular flexibility index (Phi) is 19.2. The van der Waals surface area contributed by atoms with Crippen molar-refractivity contribution in [1.82, 2.24) is 0 Å². The first-order valence-electron chi connectivity index (χ1n) is 14.9. The zero-order chi connectivity index (χ0) is 29.8. The van der Waals surface area contributed by atoms with Crippen LogP contribution < -0.4 is 0 Å². The highest BCUT2D eigenvalue weighted by Crippen LogP contribution is 2.46. The molecule has 0 heterocycles. The van der Waals surface area contributed by atoms with Crippen LogP contribution >= 0.6 is 31.4 Å². The molecule has 0 aromatic carbocycles. The van der Waals surface area contributed by atoms with Crippen molar-refractivity contribution < 1.29 is 26.6 Å². The summed E-state index contributed by atoms with van der Waals surface area (Å²) in [5.74, 6) is 0. The Morgan fingerprint density at radius 3 is 1.22 bits per heavy atom. The van der Waals surface area contributed by atoms with Crippen molar-refractivity contribution in [2.24, 2.45) is 0 Å². The zero-order valence-corrected chi connectivity index (χ0v) is 30.1. The normalized spacial score (nSPS) is 21.0. The topological polar surface area (TPSA) is 55.4 Å². The van der Waals surface area contributed by atoms with Gasteiger partial charge in [0, 0.05) is 51.7 Å². The van der Waals surface area contributed by atoms with Crippen LogP contribution in [0.15, 0.2) is 71.9 Å². The number of rotatable bonds is 22. The molecule has 2 aliphatic rings. The molecule has 2 aliphatic carbocycles. The third-order valence-electron chi connectivity index (χ3n) is 6.16. The van der Waals surface area contributed by atoms with Crippen molar-refractivity contribution in [3.05, 3.63) is 71.9 Å². The number of allylic oxidation sites excluding steroid dienone is 8. The molecule has 232 valence electrons. The molecule has 0 bridgehead atoms. The molecule has 2 atom stereocenters. The largest absolute Gasteiger partial charge is 0.501 e. The average molecular weight is 659 g/mol. The van der Waals surface area contributed by atoms with E-state index >= 15 is 0 Å². The first-order chi connectivity index (χ1) is 20.0. The van der Waals surface area contributed by atoms with E-state index in [1.165, 1.54) is 11.1 Å². The van der Waals surface area contributed by atoms with Gasteiger partial charge >= 0.3 is 17.6 Å². The van der Waals surface area contributed by atoms with Crippen LogP contribution in [-0.2, 0) is 26.6 Å². The second-order valence-corrected chi connectivity index (χ2v) is 18.8. The summed E-state index contributed by atoms with van der Waals surface area (Å²) < 4.78 is 36.2. The Hall–Kier alpha value is -0.316. The van der Waals surface area contributed by atoms with E-state index in [2.05, 4.69) is 60.8 Å². The monoisotopic (exact) mass is 658 g/mol. The van der Waals surface area contributed by atoms with Crippen LogP contribution in [0, 0.1) is 0 Å². The third kappa shape index (κ3) is 13.1. The van der Waals surface area contributed by atoms with Crippen molar-refractivity contribution >= 4 is 49.0 Å². The third-order valence-corrected chi connectivity index (χ3v) is 16.9. The molecule has 0 amide bonds. The van der Waals surface area contributed by atoms with E-state index in [9.17, 15) is 0 Å². The van der Waals surface area contributed by atoms with Gasteiger partial charge in [-0.2, -0.15) is 0 Å². The molecule has 6 nitrogen and oxygen atoms in total. The minimum Gasteiger partial charge on any atom is -0.374 e. The second kappa shape index (κ2) is 21.4. The van der Waals surface area contributed by atoms with E-state index in [4.69, 9.17) is 26.6 Å². The number of hydrogen-bond acceptors (Lipinski definition) is 9. The lowest BCUT2D eigenvalue weighted by atomic mass is 10.1. The van der Waals surface area contributed by atoms with Crippen LogP contribution in [0.2, 0.25) is 12.1 Å². The van der Waals surface area contributed by atoms with Crippen molar-refractivity contribution in [1.29, 1.82) is 0 Å². The van der Waals surface area contributed by atoms with Crippen molar-refractivity contribution in [3.63, 3.8) is 0 Å². The molecule has 0 N–H and O–H groups in total. The summed E-state index contributed by atoms with van der Waals surface area (Å²) in [5.41, 5.74) is 2.63. The van der Waals surface area contributed by atoms with Crippen LogP contribution in [0.5, 0.6) is 0 Å². The highest BCUT2D eigenvalue weighted by atomic mass is 33.5. The van der Waals surface area contributed by atoms with E-state index in [-0.39, 0.29) is 0 Å². The van der Waals surface area contributed by atoms with E-state index in [1.54, 1.807) is 0 Å².